The molecular formula is C13H17F3N2O3S. The number of benzene rings is 1. The topological polar surface area (TPSA) is 70.0 Å². The first-order valence-electron chi connectivity index (χ1n) is 6.38. The van der Waals surface area contributed by atoms with Crippen LogP contribution in [-0.4, -0.2) is 44.3 Å². The smallest absolute Gasteiger partial charge is 0.325 e. The van der Waals surface area contributed by atoms with Gasteiger partial charge in [-0.25, -0.2) is 0 Å². The lowest BCUT2D eigenvalue weighted by Gasteiger charge is -2.24. The standard InChI is InChI=1S/C13H17F3N2O3S/c1-10-6-3-4-7-11(10)18(2)12(13(14,15)16)17-8-5-9-22(19,20)21/h3-4,6-7H,5,8-9H2,1-2H3,(H,19,20,21)/b17-12+. The van der Waals surface area contributed by atoms with E-state index in [1.54, 1.807) is 25.1 Å². The van der Waals surface area contributed by atoms with E-state index in [-0.39, 0.29) is 13.0 Å². The fraction of sp³-hybridized carbons (Fsp3) is 0.462. The molecule has 0 spiro atoms. The van der Waals surface area contributed by atoms with Gasteiger partial charge in [-0.3, -0.25) is 9.55 Å². The number of rotatable bonds is 5. The summed E-state index contributed by atoms with van der Waals surface area (Å²) in [5.41, 5.74) is 1.01. The molecule has 0 amide bonds. The van der Waals surface area contributed by atoms with Crippen molar-refractivity contribution in [1.29, 1.82) is 0 Å². The van der Waals surface area contributed by atoms with E-state index in [0.29, 0.717) is 11.3 Å². The number of amidine groups is 1. The maximum absolute atomic E-state index is 13.1. The molecule has 9 heteroatoms. The van der Waals surface area contributed by atoms with Gasteiger partial charge in [0, 0.05) is 19.3 Å². The zero-order valence-corrected chi connectivity index (χ0v) is 12.9. The van der Waals surface area contributed by atoms with Crippen molar-refractivity contribution in [3.05, 3.63) is 29.8 Å². The Kier molecular flexibility index (Phi) is 5.95. The van der Waals surface area contributed by atoms with Crippen LogP contribution < -0.4 is 4.90 Å². The first-order valence-corrected chi connectivity index (χ1v) is 7.99. The molecule has 1 aromatic rings. The molecule has 0 atom stereocenters. The van der Waals surface area contributed by atoms with Gasteiger partial charge in [-0.2, -0.15) is 21.6 Å². The molecular weight excluding hydrogens is 321 g/mol. The van der Waals surface area contributed by atoms with Crippen LogP contribution in [0.15, 0.2) is 29.3 Å². The summed E-state index contributed by atoms with van der Waals surface area (Å²) in [6.07, 6.45) is -4.87. The lowest BCUT2D eigenvalue weighted by Crippen LogP contribution is -2.39. The minimum Gasteiger partial charge on any atom is -0.325 e. The summed E-state index contributed by atoms with van der Waals surface area (Å²) in [5.74, 6) is -1.74. The second kappa shape index (κ2) is 7.10. The van der Waals surface area contributed by atoms with Crippen molar-refractivity contribution in [2.24, 2.45) is 4.99 Å². The number of nitrogens with zero attached hydrogens (tertiary/aromatic N) is 2. The number of para-hydroxylation sites is 1. The van der Waals surface area contributed by atoms with Gasteiger partial charge in [0.2, 0.25) is 5.84 Å². The van der Waals surface area contributed by atoms with Gasteiger partial charge in [-0.1, -0.05) is 18.2 Å². The molecule has 1 N–H and O–H groups in total. The zero-order chi connectivity index (χ0) is 17.0. The highest BCUT2D eigenvalue weighted by Crippen LogP contribution is 2.26. The predicted octanol–water partition coefficient (Wildman–Crippen LogP) is 2.67. The third-order valence-electron chi connectivity index (χ3n) is 2.87. The molecule has 0 aliphatic heterocycles. The molecule has 0 saturated heterocycles. The monoisotopic (exact) mass is 338 g/mol. The molecule has 0 radical (unpaired) electrons. The number of hydrogen-bond donors (Lipinski definition) is 1. The van der Waals surface area contributed by atoms with E-state index < -0.39 is 27.9 Å². The summed E-state index contributed by atoms with van der Waals surface area (Å²) in [6.45, 7) is 1.32. The molecule has 0 aromatic heterocycles. The van der Waals surface area contributed by atoms with Crippen LogP contribution in [0.1, 0.15) is 12.0 Å². The summed E-state index contributed by atoms with van der Waals surface area (Å²) < 4.78 is 69.0. The minimum absolute atomic E-state index is 0.194. The average Bonchev–Trinajstić information content (AvgIpc) is 2.35. The van der Waals surface area contributed by atoms with Crippen LogP contribution in [0.4, 0.5) is 18.9 Å². The van der Waals surface area contributed by atoms with Crippen LogP contribution in [0.2, 0.25) is 0 Å². The van der Waals surface area contributed by atoms with Crippen LogP contribution in [0.3, 0.4) is 0 Å². The molecule has 0 bridgehead atoms. The molecule has 5 nitrogen and oxygen atoms in total. The molecule has 0 aliphatic carbocycles. The average molecular weight is 338 g/mol. The highest BCUT2D eigenvalue weighted by molar-refractivity contribution is 7.85. The summed E-state index contributed by atoms with van der Waals surface area (Å²) in [7, 11) is -2.95. The van der Waals surface area contributed by atoms with Crippen LogP contribution in [0.25, 0.3) is 0 Å². The van der Waals surface area contributed by atoms with Crippen molar-refractivity contribution in [1.82, 2.24) is 0 Å². The molecule has 0 unspecified atom stereocenters. The van der Waals surface area contributed by atoms with Crippen molar-refractivity contribution >= 4 is 21.6 Å². The summed E-state index contributed by atoms with van der Waals surface area (Å²) in [4.78, 5) is 4.38. The number of aliphatic imine (C=N–C) groups is 1. The van der Waals surface area contributed by atoms with Crippen molar-refractivity contribution in [3.63, 3.8) is 0 Å². The van der Waals surface area contributed by atoms with E-state index in [1.807, 2.05) is 0 Å². The second-order valence-electron chi connectivity index (χ2n) is 4.69. The maximum atomic E-state index is 13.1. The molecule has 0 saturated carbocycles. The lowest BCUT2D eigenvalue weighted by atomic mass is 10.2. The lowest BCUT2D eigenvalue weighted by molar-refractivity contribution is -0.0601. The Balaban J connectivity index is 2.96. The van der Waals surface area contributed by atoms with Gasteiger partial charge in [0.05, 0.1) is 5.75 Å². The van der Waals surface area contributed by atoms with E-state index in [1.165, 1.54) is 13.1 Å². The number of aryl methyl sites for hydroxylation is 1. The van der Waals surface area contributed by atoms with Gasteiger partial charge >= 0.3 is 6.18 Å². The molecule has 0 aliphatic rings. The Labute approximate surface area is 127 Å². The Morgan fingerprint density at radius 3 is 2.41 bits per heavy atom. The van der Waals surface area contributed by atoms with E-state index in [9.17, 15) is 21.6 Å². The number of halogens is 3. The second-order valence-corrected chi connectivity index (χ2v) is 6.26. The molecule has 1 rings (SSSR count). The van der Waals surface area contributed by atoms with Gasteiger partial charge in [0.25, 0.3) is 10.1 Å². The van der Waals surface area contributed by atoms with E-state index >= 15 is 0 Å². The summed E-state index contributed by atoms with van der Waals surface area (Å²) >= 11 is 0. The third-order valence-corrected chi connectivity index (χ3v) is 3.67. The van der Waals surface area contributed by atoms with E-state index in [0.717, 1.165) is 4.90 Å². The SMILES string of the molecule is Cc1ccccc1N(C)/C(=N/CCCS(=O)(=O)O)C(F)(F)F. The molecule has 1 aromatic carbocycles. The normalized spacial score (nSPS) is 13.3. The molecule has 22 heavy (non-hydrogen) atoms. The third kappa shape index (κ3) is 5.64. The number of hydrogen-bond acceptors (Lipinski definition) is 3. The van der Waals surface area contributed by atoms with Crippen molar-refractivity contribution in [3.8, 4) is 0 Å². The highest BCUT2D eigenvalue weighted by Gasteiger charge is 2.39. The van der Waals surface area contributed by atoms with Gasteiger partial charge in [-0.15, -0.1) is 0 Å². The van der Waals surface area contributed by atoms with E-state index in [4.69, 9.17) is 4.55 Å². The summed E-state index contributed by atoms with van der Waals surface area (Å²) in [5, 5.41) is 0. The van der Waals surface area contributed by atoms with Crippen LogP contribution in [0.5, 0.6) is 0 Å². The Bertz CT molecular complexity index is 642. The van der Waals surface area contributed by atoms with Crippen molar-refractivity contribution < 1.29 is 26.1 Å². The number of alkyl halides is 3. The highest BCUT2D eigenvalue weighted by atomic mass is 32.2. The van der Waals surface area contributed by atoms with Crippen molar-refractivity contribution in [2.75, 3.05) is 24.2 Å². The van der Waals surface area contributed by atoms with Gasteiger partial charge in [0.15, 0.2) is 0 Å². The first-order chi connectivity index (χ1) is 10.0. The predicted molar refractivity (Wildman–Crippen MR) is 79.0 cm³/mol. The van der Waals surface area contributed by atoms with Crippen LogP contribution in [0, 0.1) is 6.92 Å². The van der Waals surface area contributed by atoms with Crippen LogP contribution >= 0.6 is 0 Å². The van der Waals surface area contributed by atoms with Gasteiger partial charge < -0.3 is 4.90 Å². The van der Waals surface area contributed by atoms with Crippen LogP contribution in [-0.2, 0) is 10.1 Å². The Morgan fingerprint density at radius 1 is 1.32 bits per heavy atom. The van der Waals surface area contributed by atoms with Gasteiger partial charge in [0.1, 0.15) is 0 Å². The zero-order valence-electron chi connectivity index (χ0n) is 12.1. The Hall–Kier alpha value is -1.61. The quantitative estimate of drug-likeness (QED) is 0.388. The van der Waals surface area contributed by atoms with Gasteiger partial charge in [-0.05, 0) is 25.0 Å². The largest absolute Gasteiger partial charge is 0.449 e. The first kappa shape index (κ1) is 18.4. The maximum Gasteiger partial charge on any atom is 0.449 e. The summed E-state index contributed by atoms with van der Waals surface area (Å²) in [6, 6.07) is 6.54. The fourth-order valence-corrected chi connectivity index (χ4v) is 2.37. The molecule has 124 valence electrons. The van der Waals surface area contributed by atoms with E-state index in [2.05, 4.69) is 4.99 Å². The molecule has 0 heterocycles. The fourth-order valence-electron chi connectivity index (χ4n) is 1.87. The molecule has 0 fully saturated rings. The number of anilines is 1. The Morgan fingerprint density at radius 2 is 1.91 bits per heavy atom. The van der Waals surface area contributed by atoms with Crippen molar-refractivity contribution in [2.45, 2.75) is 19.5 Å². The minimum atomic E-state index is -4.67.